The van der Waals surface area contributed by atoms with Gasteiger partial charge in [0.1, 0.15) is 18.1 Å². The molecule has 1 amide bonds. The Hall–Kier alpha value is -4.94. The second-order valence-corrected chi connectivity index (χ2v) is 12.9. The van der Waals surface area contributed by atoms with Gasteiger partial charge in [-0.3, -0.25) is 13.8 Å². The summed E-state index contributed by atoms with van der Waals surface area (Å²) in [5, 5.41) is 4.22. The van der Waals surface area contributed by atoms with Gasteiger partial charge in [-0.1, -0.05) is 36.4 Å². The zero-order chi connectivity index (χ0) is 30.6. The molecule has 0 spiro atoms. The van der Waals surface area contributed by atoms with Gasteiger partial charge < -0.3 is 10.1 Å². The molecule has 5 rings (SSSR count). The van der Waals surface area contributed by atoms with E-state index < -0.39 is 38.3 Å². The van der Waals surface area contributed by atoms with E-state index in [9.17, 15) is 26.0 Å². The quantitative estimate of drug-likeness (QED) is 0.209. The average molecular weight is 620 g/mol. The van der Waals surface area contributed by atoms with Crippen molar-refractivity contribution in [3.63, 3.8) is 0 Å². The molecule has 12 heteroatoms. The van der Waals surface area contributed by atoms with Crippen LogP contribution in [0.3, 0.4) is 0 Å². The van der Waals surface area contributed by atoms with Gasteiger partial charge in [0.25, 0.3) is 20.0 Å². The van der Waals surface area contributed by atoms with Crippen LogP contribution in [0.25, 0.3) is 10.8 Å². The molecule has 0 saturated carbocycles. The van der Waals surface area contributed by atoms with Crippen molar-refractivity contribution in [3.05, 3.63) is 121 Å². The lowest BCUT2D eigenvalue weighted by molar-refractivity contribution is -0.114. The van der Waals surface area contributed by atoms with Crippen molar-refractivity contribution in [2.24, 2.45) is 0 Å². The van der Waals surface area contributed by atoms with Crippen molar-refractivity contribution < 1.29 is 30.8 Å². The van der Waals surface area contributed by atoms with Crippen LogP contribution in [0.15, 0.2) is 125 Å². The van der Waals surface area contributed by atoms with Crippen LogP contribution in [0, 0.1) is 5.82 Å². The van der Waals surface area contributed by atoms with Crippen LogP contribution in [0.4, 0.5) is 21.5 Å². The molecule has 0 saturated heterocycles. The summed E-state index contributed by atoms with van der Waals surface area (Å²) in [5.74, 6) is -0.825. The number of methoxy groups -OCH3 is 1. The molecule has 0 atom stereocenters. The van der Waals surface area contributed by atoms with Crippen molar-refractivity contribution in [1.29, 1.82) is 0 Å². The third kappa shape index (κ3) is 6.60. The van der Waals surface area contributed by atoms with E-state index >= 15 is 0 Å². The topological polar surface area (TPSA) is 122 Å². The zero-order valence-corrected chi connectivity index (χ0v) is 24.4. The summed E-state index contributed by atoms with van der Waals surface area (Å²) in [6.07, 6.45) is 0. The molecular formula is C31H26FN3O6S2. The van der Waals surface area contributed by atoms with Crippen LogP contribution < -0.4 is 19.1 Å². The Morgan fingerprint density at radius 3 is 2.07 bits per heavy atom. The highest BCUT2D eigenvalue weighted by atomic mass is 32.2. The van der Waals surface area contributed by atoms with Gasteiger partial charge in [-0.15, -0.1) is 0 Å². The first-order valence-corrected chi connectivity index (χ1v) is 15.8. The van der Waals surface area contributed by atoms with Gasteiger partial charge in [0.05, 0.1) is 28.3 Å². The zero-order valence-electron chi connectivity index (χ0n) is 22.8. The molecule has 0 bridgehead atoms. The van der Waals surface area contributed by atoms with Crippen molar-refractivity contribution >= 4 is 53.8 Å². The molecule has 0 aliphatic rings. The maximum atomic E-state index is 13.6. The van der Waals surface area contributed by atoms with Gasteiger partial charge in [-0.2, -0.15) is 0 Å². The Balaban J connectivity index is 1.34. The van der Waals surface area contributed by atoms with E-state index in [2.05, 4.69) is 10.0 Å². The maximum absolute atomic E-state index is 13.6. The number of rotatable bonds is 10. The number of sulfonamides is 2. The Bertz CT molecular complexity index is 1980. The molecule has 0 aliphatic carbocycles. The smallest absolute Gasteiger partial charge is 0.264 e. The van der Waals surface area contributed by atoms with Gasteiger partial charge >= 0.3 is 0 Å². The highest BCUT2D eigenvalue weighted by Gasteiger charge is 2.27. The Morgan fingerprint density at radius 1 is 0.767 bits per heavy atom. The number of benzene rings is 5. The fourth-order valence-electron chi connectivity index (χ4n) is 4.36. The SMILES string of the molecule is COc1ccc(S(=O)(=O)N(CC(=O)Nc2ccc(S(=O)(=O)Nc3cccc4ccccc34)cc2)c2ccc(F)cc2)cc1. The van der Waals surface area contributed by atoms with Crippen LogP contribution in [0.5, 0.6) is 5.75 Å². The molecule has 0 unspecified atom stereocenters. The fourth-order valence-corrected chi connectivity index (χ4v) is 6.86. The van der Waals surface area contributed by atoms with Gasteiger partial charge in [0.2, 0.25) is 5.91 Å². The normalized spacial score (nSPS) is 11.6. The molecule has 0 fully saturated rings. The van der Waals surface area contributed by atoms with E-state index in [0.717, 1.165) is 27.2 Å². The highest BCUT2D eigenvalue weighted by molar-refractivity contribution is 7.93. The Morgan fingerprint density at radius 2 is 1.40 bits per heavy atom. The predicted molar refractivity (Wildman–Crippen MR) is 164 cm³/mol. The van der Waals surface area contributed by atoms with Crippen LogP contribution in [0.1, 0.15) is 0 Å². The maximum Gasteiger partial charge on any atom is 0.264 e. The molecule has 5 aromatic rings. The third-order valence-corrected chi connectivity index (χ3v) is 9.70. The lowest BCUT2D eigenvalue weighted by atomic mass is 10.1. The summed E-state index contributed by atoms with van der Waals surface area (Å²) in [7, 11) is -6.75. The first-order valence-electron chi connectivity index (χ1n) is 12.9. The van der Waals surface area contributed by atoms with E-state index in [1.54, 1.807) is 12.1 Å². The second kappa shape index (κ2) is 12.1. The second-order valence-electron chi connectivity index (χ2n) is 9.37. The number of carbonyl (C=O) groups excluding carboxylic acids is 1. The minimum absolute atomic E-state index is 0.0338. The first-order chi connectivity index (χ1) is 20.6. The minimum atomic E-state index is -4.24. The van der Waals surface area contributed by atoms with E-state index in [0.29, 0.717) is 11.4 Å². The van der Waals surface area contributed by atoms with Crippen molar-refractivity contribution in [1.82, 2.24) is 0 Å². The largest absolute Gasteiger partial charge is 0.497 e. The Labute approximate surface area is 248 Å². The molecule has 9 nitrogen and oxygen atoms in total. The molecule has 0 heterocycles. The minimum Gasteiger partial charge on any atom is -0.497 e. The molecule has 2 N–H and O–H groups in total. The van der Waals surface area contributed by atoms with Crippen LogP contribution in [-0.2, 0) is 24.8 Å². The molecule has 0 aliphatic heterocycles. The molecule has 5 aromatic carbocycles. The summed E-state index contributed by atoms with van der Waals surface area (Å²) in [4.78, 5) is 12.9. The number of ether oxygens (including phenoxy) is 1. The summed E-state index contributed by atoms with van der Waals surface area (Å²) in [6.45, 7) is -0.636. The number of hydrogen-bond donors (Lipinski definition) is 2. The van der Waals surface area contributed by atoms with Gasteiger partial charge in [0.15, 0.2) is 0 Å². The van der Waals surface area contributed by atoms with Crippen LogP contribution >= 0.6 is 0 Å². The van der Waals surface area contributed by atoms with E-state index in [1.165, 1.54) is 67.8 Å². The van der Waals surface area contributed by atoms with Crippen molar-refractivity contribution in [3.8, 4) is 5.75 Å². The summed E-state index contributed by atoms with van der Waals surface area (Å²) in [5.41, 5.74) is 0.748. The number of fused-ring (bicyclic) bond motifs is 1. The van der Waals surface area contributed by atoms with Gasteiger partial charge in [-0.05, 0) is 84.2 Å². The number of anilines is 3. The first kappa shape index (κ1) is 29.5. The third-order valence-electron chi connectivity index (χ3n) is 6.53. The molecule has 43 heavy (non-hydrogen) atoms. The number of nitrogens with zero attached hydrogens (tertiary/aromatic N) is 1. The number of hydrogen-bond acceptors (Lipinski definition) is 6. The van der Waals surface area contributed by atoms with E-state index in [1.807, 2.05) is 30.3 Å². The lowest BCUT2D eigenvalue weighted by Gasteiger charge is -2.24. The molecule has 220 valence electrons. The highest BCUT2D eigenvalue weighted by Crippen LogP contribution is 2.27. The van der Waals surface area contributed by atoms with Gasteiger partial charge in [-0.25, -0.2) is 21.2 Å². The van der Waals surface area contributed by atoms with Gasteiger partial charge in [0, 0.05) is 11.1 Å². The number of carbonyl (C=O) groups is 1. The summed E-state index contributed by atoms with van der Waals surface area (Å²) in [6, 6.07) is 28.5. The molecular weight excluding hydrogens is 593 g/mol. The molecule has 0 radical (unpaired) electrons. The average Bonchev–Trinajstić information content (AvgIpc) is 3.01. The van der Waals surface area contributed by atoms with Crippen LogP contribution in [0.2, 0.25) is 0 Å². The monoisotopic (exact) mass is 619 g/mol. The summed E-state index contributed by atoms with van der Waals surface area (Å²) < 4.78 is 75.4. The van der Waals surface area contributed by atoms with E-state index in [-0.39, 0.29) is 21.2 Å². The predicted octanol–water partition coefficient (Wildman–Crippen LogP) is 5.62. The number of amides is 1. The van der Waals surface area contributed by atoms with Crippen molar-refractivity contribution in [2.75, 3.05) is 28.0 Å². The Kier molecular flexibility index (Phi) is 8.33. The molecule has 0 aromatic heterocycles. The van der Waals surface area contributed by atoms with E-state index in [4.69, 9.17) is 4.74 Å². The van der Waals surface area contributed by atoms with Crippen molar-refractivity contribution in [2.45, 2.75) is 9.79 Å². The standard InChI is InChI=1S/C31H26FN3O6S2/c1-41-26-15-19-28(20-16-26)43(39,40)35(25-13-9-23(32)10-14-25)21-31(36)33-24-11-17-27(18-12-24)42(37,38)34-30-8-4-6-22-5-2-3-7-29(22)30/h2-20,34H,21H2,1H3,(H,33,36). The summed E-state index contributed by atoms with van der Waals surface area (Å²) >= 11 is 0. The number of nitrogens with one attached hydrogen (secondary N) is 2. The fraction of sp³-hybridized carbons (Fsp3) is 0.0645. The lowest BCUT2D eigenvalue weighted by Crippen LogP contribution is -2.38. The van der Waals surface area contributed by atoms with Crippen LogP contribution in [-0.4, -0.2) is 36.4 Å². The number of halogens is 1.